The van der Waals surface area contributed by atoms with Gasteiger partial charge in [0.05, 0.1) is 23.6 Å². The van der Waals surface area contributed by atoms with Crippen LogP contribution in [-0.2, 0) is 4.74 Å². The van der Waals surface area contributed by atoms with E-state index in [2.05, 4.69) is 23.8 Å². The summed E-state index contributed by atoms with van der Waals surface area (Å²) in [6.45, 7) is 9.22. The summed E-state index contributed by atoms with van der Waals surface area (Å²) in [5.41, 5.74) is 3.98. The molecule has 2 N–H and O–H groups in total. The van der Waals surface area contributed by atoms with Crippen LogP contribution in [0.5, 0.6) is 0 Å². The number of nitrogens with one attached hydrogen (secondary N) is 1. The lowest BCUT2D eigenvalue weighted by Gasteiger charge is -2.26. The molecule has 7 nitrogen and oxygen atoms in total. The largest absolute Gasteiger partial charge is 0.459 e. The minimum atomic E-state index is -0.366. The molecule has 2 aromatic rings. The molecule has 3 rings (SSSR count). The second-order valence-corrected chi connectivity index (χ2v) is 8.71. The lowest BCUT2D eigenvalue weighted by atomic mass is 10.1. The van der Waals surface area contributed by atoms with E-state index in [1.807, 2.05) is 48.2 Å². The van der Waals surface area contributed by atoms with Crippen LogP contribution in [0.3, 0.4) is 0 Å². The number of allylic oxidation sites excluding steroid dienone is 2. The summed E-state index contributed by atoms with van der Waals surface area (Å²) in [6.07, 6.45) is 8.27. The predicted molar refractivity (Wildman–Crippen MR) is 145 cm³/mol. The van der Waals surface area contributed by atoms with Crippen LogP contribution >= 0.6 is 0 Å². The van der Waals surface area contributed by atoms with Crippen molar-refractivity contribution in [3.05, 3.63) is 83.7 Å². The summed E-state index contributed by atoms with van der Waals surface area (Å²) in [7, 11) is 0. The maximum absolute atomic E-state index is 13.0. The van der Waals surface area contributed by atoms with Gasteiger partial charge in [-0.25, -0.2) is 9.79 Å². The number of anilines is 2. The second-order valence-electron chi connectivity index (χ2n) is 8.71. The Morgan fingerprint density at radius 3 is 2.58 bits per heavy atom. The van der Waals surface area contributed by atoms with Gasteiger partial charge >= 0.3 is 5.97 Å². The van der Waals surface area contributed by atoms with Crippen LogP contribution in [0.4, 0.5) is 11.4 Å². The van der Waals surface area contributed by atoms with Crippen molar-refractivity contribution in [2.75, 3.05) is 29.9 Å². The number of esters is 1. The maximum atomic E-state index is 13.0. The number of carbonyl (C=O) groups is 2. The monoisotopic (exact) mass is 489 g/mol. The Morgan fingerprint density at radius 2 is 1.97 bits per heavy atom. The van der Waals surface area contributed by atoms with Crippen LogP contribution in [0.2, 0.25) is 0 Å². The zero-order valence-corrected chi connectivity index (χ0v) is 21.1. The lowest BCUT2D eigenvalue weighted by molar-refractivity contribution is 0.0473. The summed E-state index contributed by atoms with van der Waals surface area (Å²) >= 11 is 0. The van der Waals surface area contributed by atoms with Gasteiger partial charge in [0, 0.05) is 29.9 Å². The first-order valence-electron chi connectivity index (χ1n) is 12.4. The fourth-order valence-electron chi connectivity index (χ4n) is 3.70. The summed E-state index contributed by atoms with van der Waals surface area (Å²) < 4.78 is 5.61. The van der Waals surface area contributed by atoms with Gasteiger partial charge in [-0.1, -0.05) is 50.3 Å². The Kier molecular flexibility index (Phi) is 10.0. The van der Waals surface area contributed by atoms with E-state index in [0.29, 0.717) is 34.9 Å². The highest BCUT2D eigenvalue weighted by Gasteiger charge is 2.28. The van der Waals surface area contributed by atoms with Crippen LogP contribution in [-0.4, -0.2) is 48.9 Å². The number of aliphatic hydroxyl groups excluding tert-OH is 1. The van der Waals surface area contributed by atoms with Crippen molar-refractivity contribution in [3.63, 3.8) is 0 Å². The molecule has 0 unspecified atom stereocenters. The van der Waals surface area contributed by atoms with Crippen LogP contribution < -0.4 is 10.2 Å². The van der Waals surface area contributed by atoms with E-state index in [-0.39, 0.29) is 18.7 Å². The number of aliphatic hydroxyl groups is 1. The van der Waals surface area contributed by atoms with E-state index >= 15 is 0 Å². The van der Waals surface area contributed by atoms with Crippen molar-refractivity contribution < 1.29 is 19.4 Å². The Hall–Kier alpha value is -3.71. The number of hydrogen-bond acceptors (Lipinski definition) is 7. The SMILES string of the molecule is C=C(/N=C(\C=C/C)c1ccc(C=O)cc1)Nc1ccc(N(CCO)CCCC)c(C(=O)OC2CC2)c1. The van der Waals surface area contributed by atoms with Gasteiger partial charge in [0.2, 0.25) is 0 Å². The van der Waals surface area contributed by atoms with E-state index in [1.54, 1.807) is 18.2 Å². The molecule has 2 aromatic carbocycles. The summed E-state index contributed by atoms with van der Waals surface area (Å²) in [5.74, 6) is 0.0320. The van der Waals surface area contributed by atoms with Crippen molar-refractivity contribution >= 4 is 29.3 Å². The molecule has 0 bridgehead atoms. The van der Waals surface area contributed by atoms with Crippen molar-refractivity contribution in [1.82, 2.24) is 0 Å². The molecular weight excluding hydrogens is 454 g/mol. The molecule has 36 heavy (non-hydrogen) atoms. The van der Waals surface area contributed by atoms with Crippen LogP contribution in [0.15, 0.2) is 72.0 Å². The molecule has 0 saturated heterocycles. The normalized spacial score (nSPS) is 13.5. The quantitative estimate of drug-likeness (QED) is 0.211. The average Bonchev–Trinajstić information content (AvgIpc) is 3.70. The number of ether oxygens (including phenoxy) is 1. The zero-order valence-electron chi connectivity index (χ0n) is 21.1. The fraction of sp³-hybridized carbons (Fsp3) is 0.345. The molecule has 0 amide bonds. The molecule has 0 aliphatic heterocycles. The fourth-order valence-corrected chi connectivity index (χ4v) is 3.70. The van der Waals surface area contributed by atoms with Gasteiger partial charge in [0.15, 0.2) is 0 Å². The van der Waals surface area contributed by atoms with E-state index in [1.165, 1.54) is 0 Å². The van der Waals surface area contributed by atoms with Crippen LogP contribution in [0.25, 0.3) is 0 Å². The highest BCUT2D eigenvalue weighted by atomic mass is 16.5. The third-order valence-electron chi connectivity index (χ3n) is 5.72. The lowest BCUT2D eigenvalue weighted by Crippen LogP contribution is -2.29. The van der Waals surface area contributed by atoms with Gasteiger partial charge in [-0.05, 0) is 50.5 Å². The average molecular weight is 490 g/mol. The third-order valence-corrected chi connectivity index (χ3v) is 5.72. The number of rotatable bonds is 14. The molecule has 7 heteroatoms. The Balaban J connectivity index is 1.87. The maximum Gasteiger partial charge on any atom is 0.340 e. The van der Waals surface area contributed by atoms with E-state index < -0.39 is 0 Å². The Labute approximate surface area is 213 Å². The van der Waals surface area contributed by atoms with Gasteiger partial charge in [0.25, 0.3) is 0 Å². The van der Waals surface area contributed by atoms with Crippen LogP contribution in [0.1, 0.15) is 65.8 Å². The second kappa shape index (κ2) is 13.4. The van der Waals surface area contributed by atoms with Crippen LogP contribution in [0, 0.1) is 0 Å². The molecule has 0 atom stereocenters. The zero-order chi connectivity index (χ0) is 25.9. The molecule has 0 spiro atoms. The van der Waals surface area contributed by atoms with Gasteiger partial charge in [-0.15, -0.1) is 0 Å². The van der Waals surface area contributed by atoms with E-state index in [0.717, 1.165) is 49.8 Å². The van der Waals surface area contributed by atoms with E-state index in [9.17, 15) is 14.7 Å². The first-order valence-corrected chi connectivity index (χ1v) is 12.4. The molecule has 1 saturated carbocycles. The smallest absolute Gasteiger partial charge is 0.340 e. The first kappa shape index (κ1) is 26.9. The third kappa shape index (κ3) is 7.65. The number of carbonyl (C=O) groups excluding carboxylic acids is 2. The molecule has 1 aliphatic rings. The van der Waals surface area contributed by atoms with Crippen molar-refractivity contribution in [2.24, 2.45) is 4.99 Å². The number of benzene rings is 2. The number of aliphatic imine (C=N–C) groups is 1. The summed E-state index contributed by atoms with van der Waals surface area (Å²) in [5, 5.41) is 12.8. The standard InChI is InChI=1S/C29H35N3O4/c1-4-6-16-32(17-18-33)28-15-12-24(19-26(28)29(35)36-25-13-14-25)30-21(3)31-27(7-5-2)23-10-8-22(20-34)9-11-23/h5,7-12,15,19-20,25,30,33H,3-4,6,13-14,16-18H2,1-2H3/b7-5-,31-27+. The van der Waals surface area contributed by atoms with Gasteiger partial charge in [-0.3, -0.25) is 4.79 Å². The van der Waals surface area contributed by atoms with Crippen molar-refractivity contribution in [2.45, 2.75) is 45.6 Å². The van der Waals surface area contributed by atoms with Crippen molar-refractivity contribution in [3.8, 4) is 0 Å². The predicted octanol–water partition coefficient (Wildman–Crippen LogP) is 5.37. The highest BCUT2D eigenvalue weighted by molar-refractivity contribution is 6.09. The molecule has 190 valence electrons. The molecule has 1 fully saturated rings. The molecular formula is C29H35N3O4. The van der Waals surface area contributed by atoms with Gasteiger partial charge in [-0.2, -0.15) is 0 Å². The number of aldehydes is 1. The molecule has 0 aromatic heterocycles. The molecule has 0 heterocycles. The van der Waals surface area contributed by atoms with Crippen molar-refractivity contribution in [1.29, 1.82) is 0 Å². The topological polar surface area (TPSA) is 91.2 Å². The number of nitrogens with zero attached hydrogens (tertiary/aromatic N) is 2. The summed E-state index contributed by atoms with van der Waals surface area (Å²) in [4.78, 5) is 30.6. The number of unbranched alkanes of at least 4 members (excludes halogenated alkanes) is 1. The van der Waals surface area contributed by atoms with E-state index in [4.69, 9.17) is 4.74 Å². The van der Waals surface area contributed by atoms with Gasteiger partial charge in [0.1, 0.15) is 18.2 Å². The first-order chi connectivity index (χ1) is 17.5. The number of hydrogen-bond donors (Lipinski definition) is 2. The minimum Gasteiger partial charge on any atom is -0.459 e. The molecule has 1 aliphatic carbocycles. The Morgan fingerprint density at radius 1 is 1.22 bits per heavy atom. The molecule has 0 radical (unpaired) electrons. The summed E-state index contributed by atoms with van der Waals surface area (Å²) in [6, 6.07) is 12.7. The van der Waals surface area contributed by atoms with Gasteiger partial charge < -0.3 is 20.1 Å². The highest BCUT2D eigenvalue weighted by Crippen LogP contribution is 2.30. The minimum absolute atomic E-state index is 0.00605. The Bertz CT molecular complexity index is 1120.